The number of rotatable bonds is 58. The number of aliphatic hydroxyl groups is 6. The Morgan fingerprint density at radius 2 is 0.753 bits per heavy atom. The van der Waals surface area contributed by atoms with Crippen LogP contribution in [0.5, 0.6) is 0 Å². The van der Waals surface area contributed by atoms with Crippen LogP contribution in [-0.2, 0) is 47.9 Å². The predicted octanol–water partition coefficient (Wildman–Crippen LogP) is 16.3. The van der Waals surface area contributed by atoms with Gasteiger partial charge in [-0.1, -0.05) is 262 Å². The third-order valence-corrected chi connectivity index (χ3v) is 20.6. The van der Waals surface area contributed by atoms with Gasteiger partial charge in [0.15, 0.2) is 24.6 Å². The van der Waals surface area contributed by atoms with Crippen LogP contribution < -0.4 is 0 Å². The molecule has 2 heterocycles. The van der Waals surface area contributed by atoms with Crippen molar-refractivity contribution in [3.8, 4) is 0 Å². The number of aliphatic hydroxyl groups excluding tert-OH is 6. The number of ether oxygens (including phenoxy) is 5. The van der Waals surface area contributed by atoms with Gasteiger partial charge in [0, 0.05) is 6.42 Å². The smallest absolute Gasteiger partial charge is 0.397 e. The highest BCUT2D eigenvalue weighted by atomic mass is 32.3. The average molecular weight is 1350 g/mol. The molecule has 0 aromatic carbocycles. The first-order valence-corrected chi connectivity index (χ1v) is 39.7. The Morgan fingerprint density at radius 1 is 0.419 bits per heavy atom. The molecule has 2 saturated heterocycles. The molecule has 0 saturated carbocycles. The molecule has 2 aliphatic rings. The van der Waals surface area contributed by atoms with Gasteiger partial charge in [-0.15, -0.1) is 0 Å². The molecule has 20 unspecified atom stereocenters. The zero-order valence-electron chi connectivity index (χ0n) is 60.9. The zero-order chi connectivity index (χ0) is 69.1. The van der Waals surface area contributed by atoms with Crippen LogP contribution in [0.4, 0.5) is 0 Å². The van der Waals surface area contributed by atoms with E-state index < -0.39 is 103 Å². The van der Waals surface area contributed by atoms with Crippen LogP contribution in [0.1, 0.15) is 333 Å². The van der Waals surface area contributed by atoms with Gasteiger partial charge in [-0.25, -0.2) is 4.18 Å². The van der Waals surface area contributed by atoms with E-state index in [1.54, 1.807) is 6.92 Å². The van der Waals surface area contributed by atoms with Gasteiger partial charge in [0.1, 0.15) is 30.5 Å². The van der Waals surface area contributed by atoms with Crippen molar-refractivity contribution < 1.29 is 81.1 Å². The van der Waals surface area contributed by atoms with E-state index >= 15 is 0 Å². The fraction of sp³-hybridized carbons (Fsp3) is 0.973. The van der Waals surface area contributed by atoms with Crippen molar-refractivity contribution in [2.75, 3.05) is 13.2 Å². The summed E-state index contributed by atoms with van der Waals surface area (Å²) in [6.45, 7) is 22.9. The summed E-state index contributed by atoms with van der Waals surface area (Å²) in [6, 6.07) is 0. The molecule has 2 rings (SSSR count). The molecule has 0 aromatic rings. The normalized spacial score (nSPS) is 25.4. The Labute approximate surface area is 567 Å². The van der Waals surface area contributed by atoms with Crippen molar-refractivity contribution in [1.29, 1.82) is 0 Å². The van der Waals surface area contributed by atoms with Crippen molar-refractivity contribution >= 4 is 22.3 Å². The molecule has 17 nitrogen and oxygen atoms in total. The molecule has 7 N–H and O–H groups in total. The van der Waals surface area contributed by atoms with Gasteiger partial charge >= 0.3 is 22.3 Å². The summed E-state index contributed by atoms with van der Waals surface area (Å²) in [6.07, 6.45) is 27.8. The first kappa shape index (κ1) is 87.5. The monoisotopic (exact) mass is 1350 g/mol. The summed E-state index contributed by atoms with van der Waals surface area (Å²) < 4.78 is 67.7. The minimum absolute atomic E-state index is 0.0230. The number of unbranched alkanes of at least 4 members (excludes halogenated alkanes) is 28. The zero-order valence-corrected chi connectivity index (χ0v) is 61.7. The van der Waals surface area contributed by atoms with Gasteiger partial charge in [0.25, 0.3) is 0 Å². The minimum atomic E-state index is -5.33. The second-order valence-corrected chi connectivity index (χ2v) is 31.5. The summed E-state index contributed by atoms with van der Waals surface area (Å²) in [5.41, 5.74) is 0. The van der Waals surface area contributed by atoms with E-state index in [1.165, 1.54) is 173 Å². The van der Waals surface area contributed by atoms with Gasteiger partial charge < -0.3 is 54.3 Å². The van der Waals surface area contributed by atoms with Crippen LogP contribution >= 0.6 is 0 Å². The SMILES string of the molecule is CCCCCCCCCCCCCCCCCC(=O)OC1C(O)C(CO)OC(OC2OC(CO)C(O)C(O)C2OS(=O)(=O)O)C1OC(=O)C(C)CC(C)CC(C)CC(C)CC(C)CC(C)CC(C)CC(C)CC(C)C(O)CCCCCCCCCCCCCCCCC. The van der Waals surface area contributed by atoms with E-state index in [1.807, 2.05) is 0 Å². The maximum Gasteiger partial charge on any atom is 0.397 e. The second-order valence-electron chi connectivity index (χ2n) is 30.4. The molecule has 0 spiro atoms. The fourth-order valence-corrected chi connectivity index (χ4v) is 15.8. The first-order chi connectivity index (χ1) is 44.3. The number of esters is 2. The Balaban J connectivity index is 1.93. The predicted molar refractivity (Wildman–Crippen MR) is 371 cm³/mol. The average Bonchev–Trinajstić information content (AvgIpc) is 0.785. The Bertz CT molecular complexity index is 1950. The van der Waals surface area contributed by atoms with Gasteiger partial charge in [-0.3, -0.25) is 14.1 Å². The van der Waals surface area contributed by atoms with Crippen molar-refractivity contribution in [3.63, 3.8) is 0 Å². The highest BCUT2D eigenvalue weighted by Gasteiger charge is 2.55. The molecule has 0 bridgehead atoms. The largest absolute Gasteiger partial charge is 0.455 e. The molecule has 0 aromatic heterocycles. The third kappa shape index (κ3) is 39.7. The van der Waals surface area contributed by atoms with E-state index in [4.69, 9.17) is 23.7 Å². The minimum Gasteiger partial charge on any atom is -0.455 e. The number of hydrogen-bond acceptors (Lipinski definition) is 16. The van der Waals surface area contributed by atoms with Gasteiger partial charge in [-0.05, 0) is 112 Å². The topological polar surface area (TPSA) is 265 Å². The number of carbonyl (C=O) groups excluding carboxylic acids is 2. The molecule has 552 valence electrons. The molecule has 93 heavy (non-hydrogen) atoms. The molecule has 2 fully saturated rings. The van der Waals surface area contributed by atoms with E-state index in [-0.39, 0.29) is 18.4 Å². The first-order valence-electron chi connectivity index (χ1n) is 38.3. The lowest BCUT2D eigenvalue weighted by Crippen LogP contribution is -2.65. The maximum absolute atomic E-state index is 14.2. The van der Waals surface area contributed by atoms with Crippen LogP contribution in [0.25, 0.3) is 0 Å². The van der Waals surface area contributed by atoms with Crippen LogP contribution in [0, 0.1) is 53.3 Å². The van der Waals surface area contributed by atoms with Gasteiger partial charge in [-0.2, -0.15) is 8.42 Å². The third-order valence-electron chi connectivity index (χ3n) is 20.1. The molecule has 0 radical (unpaired) electrons. The highest BCUT2D eigenvalue weighted by molar-refractivity contribution is 7.80. The lowest BCUT2D eigenvalue weighted by molar-refractivity contribution is -0.374. The Hall–Kier alpha value is -1.55. The molecule has 2 aliphatic heterocycles. The Morgan fingerprint density at radius 3 is 1.13 bits per heavy atom. The summed E-state index contributed by atoms with van der Waals surface area (Å²) in [5.74, 6) is 1.48. The summed E-state index contributed by atoms with van der Waals surface area (Å²) in [7, 11) is -5.33. The molecule has 18 heteroatoms. The van der Waals surface area contributed by atoms with E-state index in [0.29, 0.717) is 54.3 Å². The lowest BCUT2D eigenvalue weighted by Gasteiger charge is -2.46. The molecular weight excluding hydrogens is 1200 g/mol. The van der Waals surface area contributed by atoms with E-state index in [2.05, 4.69) is 73.4 Å². The quantitative estimate of drug-likeness (QED) is 0.0169. The van der Waals surface area contributed by atoms with E-state index in [0.717, 1.165) is 64.2 Å². The van der Waals surface area contributed by atoms with E-state index in [9.17, 15) is 53.2 Å². The van der Waals surface area contributed by atoms with Crippen molar-refractivity contribution in [2.24, 2.45) is 53.3 Å². The molecule has 0 aliphatic carbocycles. The number of carbonyl (C=O) groups is 2. The summed E-state index contributed by atoms with van der Waals surface area (Å²) in [5, 5.41) is 64.5. The standard InChI is InChI=1S/C75H144O17S/c1-12-14-16-18-20-22-24-26-28-30-32-34-36-38-40-42-63(78)61(10)50-59(8)48-57(6)46-55(4)44-54(3)45-56(5)47-58(7)49-60(9)51-62(11)73(83)90-72-70(89-66(79)43-41-39-37-35-33-31-29-27-25-23-21-19-17-15-13-2)68(81)65(53-77)88-75(72)91-74-71(92-93(84,85)86)69(82)67(80)64(52-76)87-74/h54-65,67-72,74-78,80-82H,12-53H2,1-11H3,(H,84,85,86). The molecule has 0 amide bonds. The van der Waals surface area contributed by atoms with Crippen LogP contribution in [0.2, 0.25) is 0 Å². The number of hydrogen-bond donors (Lipinski definition) is 7. The molecular formula is C75H144O17S. The fourth-order valence-electron chi connectivity index (χ4n) is 15.3. The maximum atomic E-state index is 14.2. The molecule has 20 atom stereocenters. The lowest BCUT2D eigenvalue weighted by atomic mass is 9.79. The second kappa shape index (κ2) is 51.6. The van der Waals surface area contributed by atoms with Crippen LogP contribution in [0.15, 0.2) is 0 Å². The highest BCUT2D eigenvalue weighted by Crippen LogP contribution is 2.36. The Kier molecular flexibility index (Phi) is 48.6. The van der Waals surface area contributed by atoms with Crippen LogP contribution in [0.3, 0.4) is 0 Å². The van der Waals surface area contributed by atoms with Gasteiger partial charge in [0.2, 0.25) is 6.29 Å². The van der Waals surface area contributed by atoms with Crippen molar-refractivity contribution in [3.05, 3.63) is 0 Å². The summed E-state index contributed by atoms with van der Waals surface area (Å²) in [4.78, 5) is 27.8. The summed E-state index contributed by atoms with van der Waals surface area (Å²) >= 11 is 0. The van der Waals surface area contributed by atoms with Crippen LogP contribution in [-0.4, -0.2) is 136 Å². The van der Waals surface area contributed by atoms with Gasteiger partial charge in [0.05, 0.1) is 25.2 Å². The van der Waals surface area contributed by atoms with Crippen molar-refractivity contribution in [1.82, 2.24) is 0 Å². The van der Waals surface area contributed by atoms with Crippen molar-refractivity contribution in [2.45, 2.75) is 401 Å².